The van der Waals surface area contributed by atoms with Crippen molar-refractivity contribution in [1.29, 1.82) is 0 Å². The summed E-state index contributed by atoms with van der Waals surface area (Å²) in [6.07, 6.45) is 0. The van der Waals surface area contributed by atoms with Gasteiger partial charge in [0.1, 0.15) is 0 Å². The summed E-state index contributed by atoms with van der Waals surface area (Å²) in [5.41, 5.74) is 7.65. The van der Waals surface area contributed by atoms with E-state index in [1.54, 1.807) is 0 Å². The maximum atomic E-state index is 3.72. The molecular weight excluding hydrogens is 690 g/mol. The van der Waals surface area contributed by atoms with Gasteiger partial charge in [0.2, 0.25) is 0 Å². The fourth-order valence-electron chi connectivity index (χ4n) is 7.82. The van der Waals surface area contributed by atoms with Crippen LogP contribution in [-0.2, 0) is 0 Å². The third-order valence-electron chi connectivity index (χ3n) is 10.1. The molecular formula is C46H31N2PSe. The Hall–Kier alpha value is -5.43. The molecule has 8 aromatic carbocycles. The molecule has 2 nitrogen and oxygen atoms in total. The second kappa shape index (κ2) is 11.6. The van der Waals surface area contributed by atoms with Gasteiger partial charge in [0.25, 0.3) is 0 Å². The molecule has 1 aliphatic rings. The summed E-state index contributed by atoms with van der Waals surface area (Å²) in [5.74, 6) is 0. The van der Waals surface area contributed by atoms with E-state index in [1.165, 1.54) is 76.7 Å². The van der Waals surface area contributed by atoms with Crippen LogP contribution in [0.5, 0.6) is 0 Å². The zero-order valence-corrected chi connectivity index (χ0v) is 29.8. The first-order valence-corrected chi connectivity index (χ1v) is 21.0. The first kappa shape index (κ1) is 29.5. The Labute approximate surface area is 299 Å². The van der Waals surface area contributed by atoms with Crippen molar-refractivity contribution in [1.82, 2.24) is 4.57 Å². The number of hydrogen-bond acceptors (Lipinski definition) is 1. The van der Waals surface area contributed by atoms with Crippen LogP contribution in [0.15, 0.2) is 188 Å². The fourth-order valence-corrected chi connectivity index (χ4v) is 12.7. The van der Waals surface area contributed by atoms with Crippen LogP contribution in [0.25, 0.3) is 49.4 Å². The predicted molar refractivity (Wildman–Crippen MR) is 216 cm³/mol. The van der Waals surface area contributed by atoms with Crippen molar-refractivity contribution in [3.63, 3.8) is 0 Å². The van der Waals surface area contributed by atoms with Crippen LogP contribution >= 0.6 is 5.51 Å². The molecule has 0 spiro atoms. The SMILES string of the molecule is [Se]=P(c1ccccc1)(c1ccccc1)c1ccc2cc(-c3ccc4c(c3)N(c3ccccc3)c3cccc5c6ccccc6n-4c35)ccc2c1. The van der Waals surface area contributed by atoms with Gasteiger partial charge < -0.3 is 0 Å². The molecule has 10 rings (SSSR count). The summed E-state index contributed by atoms with van der Waals surface area (Å²) >= 11 is 3.72. The van der Waals surface area contributed by atoms with Crippen LogP contribution in [0, 0.1) is 0 Å². The Bertz CT molecular complexity index is 2750. The van der Waals surface area contributed by atoms with Gasteiger partial charge in [0.15, 0.2) is 0 Å². The van der Waals surface area contributed by atoms with Crippen molar-refractivity contribution in [2.75, 3.05) is 4.90 Å². The van der Waals surface area contributed by atoms with E-state index in [0.29, 0.717) is 0 Å². The predicted octanol–water partition coefficient (Wildman–Crippen LogP) is 10.8. The molecule has 1 aliphatic heterocycles. The number of fused-ring (bicyclic) bond motifs is 6. The molecule has 0 radical (unpaired) electrons. The Morgan fingerprint density at radius 3 is 1.76 bits per heavy atom. The van der Waals surface area contributed by atoms with Crippen molar-refractivity contribution in [2.24, 2.45) is 0 Å². The van der Waals surface area contributed by atoms with Crippen molar-refractivity contribution in [3.05, 3.63) is 188 Å². The molecule has 0 saturated heterocycles. The molecule has 236 valence electrons. The Morgan fingerprint density at radius 2 is 1.00 bits per heavy atom. The van der Waals surface area contributed by atoms with Crippen molar-refractivity contribution >= 4 is 86.2 Å². The standard InChI is InChI=1S/C46H31N2PSe/c50-49(37-15-6-2-7-16-37,38-17-8-3-9-18-38)39-27-25-33-29-32(23-24-34(33)30-39)35-26-28-43-45(31-35)47(36-13-4-1-5-14-36)44-22-12-20-41-40-19-10-11-21-42(40)48(43)46(41)44/h1-31H. The van der Waals surface area contributed by atoms with Crippen molar-refractivity contribution in [3.8, 4) is 16.8 Å². The van der Waals surface area contributed by atoms with Crippen LogP contribution in [-0.4, -0.2) is 19.7 Å². The number of aromatic nitrogens is 1. The molecule has 0 amide bonds. The molecule has 0 unspecified atom stereocenters. The summed E-state index contributed by atoms with van der Waals surface area (Å²) < 4.78 is 2.46. The molecule has 4 heteroatoms. The van der Waals surface area contributed by atoms with Gasteiger partial charge in [-0.05, 0) is 24.3 Å². The Kier molecular flexibility index (Phi) is 6.83. The quantitative estimate of drug-likeness (QED) is 0.127. The van der Waals surface area contributed by atoms with Gasteiger partial charge >= 0.3 is 206 Å². The van der Waals surface area contributed by atoms with Crippen molar-refractivity contribution < 1.29 is 0 Å². The van der Waals surface area contributed by atoms with Gasteiger partial charge in [-0.25, -0.2) is 0 Å². The number of anilines is 3. The summed E-state index contributed by atoms with van der Waals surface area (Å²) in [6.45, 7) is 0. The average Bonchev–Trinajstić information content (AvgIpc) is 3.53. The average molecular weight is 722 g/mol. The van der Waals surface area contributed by atoms with Gasteiger partial charge in [-0.1, -0.05) is 48.5 Å². The third-order valence-corrected chi connectivity index (χ3v) is 17.2. The van der Waals surface area contributed by atoms with Crippen molar-refractivity contribution in [2.45, 2.75) is 0 Å². The van der Waals surface area contributed by atoms with Gasteiger partial charge in [-0.15, -0.1) is 0 Å². The van der Waals surface area contributed by atoms with Crippen LogP contribution < -0.4 is 20.8 Å². The zero-order valence-electron chi connectivity index (χ0n) is 27.1. The van der Waals surface area contributed by atoms with E-state index in [4.69, 9.17) is 0 Å². The van der Waals surface area contributed by atoms with E-state index >= 15 is 0 Å². The molecule has 9 aromatic rings. The zero-order chi connectivity index (χ0) is 33.2. The van der Waals surface area contributed by atoms with E-state index in [1.807, 2.05) is 0 Å². The normalized spacial score (nSPS) is 12.4. The number of hydrogen-bond donors (Lipinski definition) is 0. The van der Waals surface area contributed by atoms with E-state index < -0.39 is 5.51 Å². The molecule has 50 heavy (non-hydrogen) atoms. The summed E-state index contributed by atoms with van der Waals surface area (Å²) in [5, 5.41) is 9.06. The molecule has 2 heterocycles. The third kappa shape index (κ3) is 4.45. The summed E-state index contributed by atoms with van der Waals surface area (Å²) in [6, 6.07) is 69.0. The molecule has 0 aliphatic carbocycles. The van der Waals surface area contributed by atoms with E-state index in [-0.39, 0.29) is 0 Å². The second-order valence-electron chi connectivity index (χ2n) is 12.9. The van der Waals surface area contributed by atoms with Gasteiger partial charge in [-0.3, -0.25) is 0 Å². The topological polar surface area (TPSA) is 8.17 Å². The summed E-state index contributed by atoms with van der Waals surface area (Å²) in [4.78, 5) is 2.43. The van der Waals surface area contributed by atoms with E-state index in [0.717, 1.165) is 5.69 Å². The molecule has 0 atom stereocenters. The number of benzene rings is 8. The van der Waals surface area contributed by atoms with E-state index in [9.17, 15) is 0 Å². The monoisotopic (exact) mass is 722 g/mol. The summed E-state index contributed by atoms with van der Waals surface area (Å²) in [7, 11) is 0. The number of para-hydroxylation sites is 3. The van der Waals surface area contributed by atoms with Crippen LogP contribution in [0.1, 0.15) is 0 Å². The van der Waals surface area contributed by atoms with Crippen LogP contribution in [0.2, 0.25) is 0 Å². The fraction of sp³-hybridized carbons (Fsp3) is 0. The molecule has 1 aromatic heterocycles. The Balaban J connectivity index is 1.13. The molecule has 0 fully saturated rings. The van der Waals surface area contributed by atoms with Gasteiger partial charge in [0.05, 0.1) is 11.0 Å². The maximum absolute atomic E-state index is 3.72. The molecule has 0 saturated carbocycles. The minimum atomic E-state index is -1.94. The van der Waals surface area contributed by atoms with E-state index in [2.05, 4.69) is 213 Å². The first-order valence-electron chi connectivity index (χ1n) is 17.0. The van der Waals surface area contributed by atoms with Crippen LogP contribution in [0.3, 0.4) is 0 Å². The van der Waals surface area contributed by atoms with Gasteiger partial charge in [-0.2, -0.15) is 0 Å². The Morgan fingerprint density at radius 1 is 0.400 bits per heavy atom. The number of nitrogens with zero attached hydrogens (tertiary/aromatic N) is 2. The van der Waals surface area contributed by atoms with Crippen LogP contribution in [0.4, 0.5) is 17.1 Å². The molecule has 0 bridgehead atoms. The minimum absolute atomic E-state index is 1.15. The first-order chi connectivity index (χ1) is 24.7. The molecule has 0 N–H and O–H groups in total. The van der Waals surface area contributed by atoms with Gasteiger partial charge in [0, 0.05) is 10.8 Å². The number of rotatable bonds is 5. The second-order valence-corrected chi connectivity index (χ2v) is 19.1.